The Morgan fingerprint density at radius 1 is 1.11 bits per heavy atom. The number of ether oxygens (including phenoxy) is 1. The lowest BCUT2D eigenvalue weighted by molar-refractivity contribution is 0.279. The molecule has 0 amide bonds. The predicted molar refractivity (Wildman–Crippen MR) is 95.4 cm³/mol. The lowest BCUT2D eigenvalue weighted by Crippen LogP contribution is -2.02. The van der Waals surface area contributed by atoms with E-state index in [0.717, 1.165) is 12.1 Å². The monoisotopic (exact) mass is 368 g/mol. The Morgan fingerprint density at radius 2 is 1.78 bits per heavy atom. The minimum atomic E-state index is -0.959. The summed E-state index contributed by atoms with van der Waals surface area (Å²) < 4.78 is 33.3. The van der Waals surface area contributed by atoms with E-state index in [1.165, 1.54) is 12.1 Å². The van der Waals surface area contributed by atoms with Gasteiger partial charge in [0.1, 0.15) is 0 Å². The van der Waals surface area contributed by atoms with Gasteiger partial charge in [0, 0.05) is 11.8 Å². The van der Waals surface area contributed by atoms with Crippen molar-refractivity contribution in [1.82, 2.24) is 4.98 Å². The van der Waals surface area contributed by atoms with Crippen molar-refractivity contribution in [1.29, 1.82) is 5.26 Å². The third-order valence-corrected chi connectivity index (χ3v) is 3.62. The molecule has 3 rings (SSSR count). The Balaban J connectivity index is 1.86. The smallest absolute Gasteiger partial charge is 0.221 e. The summed E-state index contributed by atoms with van der Waals surface area (Å²) in [6, 6.07) is 13.4. The number of benzene rings is 2. The first kappa shape index (κ1) is 18.1. The number of hydrogen-bond donors (Lipinski definition) is 3. The van der Waals surface area contributed by atoms with Crippen molar-refractivity contribution in [3.05, 3.63) is 71.3 Å². The molecule has 6 nitrogen and oxygen atoms in total. The van der Waals surface area contributed by atoms with Gasteiger partial charge in [-0.05, 0) is 48.0 Å². The van der Waals surface area contributed by atoms with Crippen LogP contribution < -0.4 is 15.8 Å². The number of nitrogens with zero attached hydrogens (tertiary/aromatic N) is 2. The minimum absolute atomic E-state index is 0.0742. The van der Waals surface area contributed by atoms with Crippen LogP contribution in [0.1, 0.15) is 11.1 Å². The number of rotatable bonds is 5. The second-order valence-electron chi connectivity index (χ2n) is 5.55. The van der Waals surface area contributed by atoms with Crippen LogP contribution in [0.5, 0.6) is 11.6 Å². The van der Waals surface area contributed by atoms with Crippen LogP contribution in [0.15, 0.2) is 48.5 Å². The second kappa shape index (κ2) is 7.68. The zero-order valence-corrected chi connectivity index (χ0v) is 13.9. The molecule has 0 unspecified atom stereocenters. The molecule has 0 saturated carbocycles. The van der Waals surface area contributed by atoms with E-state index in [4.69, 9.17) is 20.8 Å². The molecule has 136 valence electrons. The van der Waals surface area contributed by atoms with E-state index in [0.29, 0.717) is 16.9 Å². The van der Waals surface area contributed by atoms with Crippen molar-refractivity contribution < 1.29 is 18.6 Å². The zero-order chi connectivity index (χ0) is 19.4. The standard InChI is InChI=1S/C19H14F2N4O2/c20-14-7-12(10-26)8-15(21)18(14)27-17-6-5-16(23)19(25-17)24-13-3-1-11(9-22)2-4-13/h1-8,26H,10,23H2,(H,24,25). The third-order valence-electron chi connectivity index (χ3n) is 3.62. The first-order valence-corrected chi connectivity index (χ1v) is 7.80. The van der Waals surface area contributed by atoms with E-state index in [2.05, 4.69) is 10.3 Å². The quantitative estimate of drug-likeness (QED) is 0.632. The molecule has 2 aromatic carbocycles. The molecule has 8 heteroatoms. The van der Waals surface area contributed by atoms with Gasteiger partial charge in [-0.3, -0.25) is 0 Å². The van der Waals surface area contributed by atoms with Crippen molar-refractivity contribution in [2.24, 2.45) is 0 Å². The van der Waals surface area contributed by atoms with Crippen LogP contribution in [-0.4, -0.2) is 10.1 Å². The van der Waals surface area contributed by atoms with Crippen molar-refractivity contribution in [3.63, 3.8) is 0 Å². The minimum Gasteiger partial charge on any atom is -0.433 e. The maximum Gasteiger partial charge on any atom is 0.221 e. The summed E-state index contributed by atoms with van der Waals surface area (Å²) in [5.41, 5.74) is 7.38. The number of halogens is 2. The fourth-order valence-electron chi connectivity index (χ4n) is 2.28. The first-order valence-electron chi connectivity index (χ1n) is 7.80. The van der Waals surface area contributed by atoms with Crippen LogP contribution in [0.25, 0.3) is 0 Å². The van der Waals surface area contributed by atoms with Gasteiger partial charge in [0.25, 0.3) is 0 Å². The molecule has 0 aliphatic carbocycles. The Kier molecular flexibility index (Phi) is 5.15. The van der Waals surface area contributed by atoms with Gasteiger partial charge in [-0.1, -0.05) is 0 Å². The Bertz CT molecular complexity index is 994. The van der Waals surface area contributed by atoms with E-state index < -0.39 is 24.0 Å². The third kappa shape index (κ3) is 4.11. The number of nitrogen functional groups attached to an aromatic ring is 1. The lowest BCUT2D eigenvalue weighted by Gasteiger charge is -2.12. The number of aromatic nitrogens is 1. The molecular weight excluding hydrogens is 354 g/mol. The SMILES string of the molecule is N#Cc1ccc(Nc2nc(Oc3c(F)cc(CO)cc3F)ccc2N)cc1. The van der Waals surface area contributed by atoms with Crippen molar-refractivity contribution in [3.8, 4) is 17.7 Å². The van der Waals surface area contributed by atoms with Crippen LogP contribution in [0.2, 0.25) is 0 Å². The fraction of sp³-hybridized carbons (Fsp3) is 0.0526. The van der Waals surface area contributed by atoms with Crippen molar-refractivity contribution >= 4 is 17.2 Å². The van der Waals surface area contributed by atoms with Gasteiger partial charge in [-0.25, -0.2) is 8.78 Å². The van der Waals surface area contributed by atoms with Crippen molar-refractivity contribution in [2.75, 3.05) is 11.1 Å². The van der Waals surface area contributed by atoms with Crippen LogP contribution in [0.3, 0.4) is 0 Å². The number of pyridine rings is 1. The second-order valence-corrected chi connectivity index (χ2v) is 5.55. The summed E-state index contributed by atoms with van der Waals surface area (Å²) in [4.78, 5) is 4.12. The van der Waals surface area contributed by atoms with Crippen LogP contribution in [0.4, 0.5) is 26.0 Å². The molecule has 4 N–H and O–H groups in total. The number of nitrogens with one attached hydrogen (secondary N) is 1. The highest BCUT2D eigenvalue weighted by Gasteiger charge is 2.15. The number of nitriles is 1. The molecule has 27 heavy (non-hydrogen) atoms. The average Bonchev–Trinajstić information content (AvgIpc) is 2.67. The van der Waals surface area contributed by atoms with E-state index in [-0.39, 0.29) is 17.3 Å². The Hall–Kier alpha value is -3.70. The van der Waals surface area contributed by atoms with Crippen LogP contribution >= 0.6 is 0 Å². The molecule has 0 fully saturated rings. The van der Waals surface area contributed by atoms with Crippen molar-refractivity contribution in [2.45, 2.75) is 6.61 Å². The van der Waals surface area contributed by atoms with Gasteiger partial charge < -0.3 is 20.9 Å². The maximum absolute atomic E-state index is 14.0. The van der Waals surface area contributed by atoms with Gasteiger partial charge in [0.2, 0.25) is 11.6 Å². The summed E-state index contributed by atoms with van der Waals surface area (Å²) in [5.74, 6) is -2.40. The fourth-order valence-corrected chi connectivity index (χ4v) is 2.28. The maximum atomic E-state index is 14.0. The normalized spacial score (nSPS) is 10.3. The van der Waals surface area contributed by atoms with E-state index in [1.807, 2.05) is 6.07 Å². The summed E-state index contributed by atoms with van der Waals surface area (Å²) in [5, 5.41) is 20.8. The van der Waals surface area contributed by atoms with E-state index in [9.17, 15) is 8.78 Å². The Morgan fingerprint density at radius 3 is 2.37 bits per heavy atom. The molecule has 0 saturated heterocycles. The average molecular weight is 368 g/mol. The summed E-state index contributed by atoms with van der Waals surface area (Å²) in [6.07, 6.45) is 0. The molecule has 0 spiro atoms. The predicted octanol–water partition coefficient (Wildman–Crippen LogP) is 3.84. The summed E-state index contributed by atoms with van der Waals surface area (Å²) in [7, 11) is 0. The number of anilines is 3. The number of aliphatic hydroxyl groups is 1. The van der Waals surface area contributed by atoms with Crippen LogP contribution in [0, 0.1) is 23.0 Å². The topological polar surface area (TPSA) is 104 Å². The largest absolute Gasteiger partial charge is 0.433 e. The number of nitrogens with two attached hydrogens (primary N) is 1. The van der Waals surface area contributed by atoms with Gasteiger partial charge in [0.05, 0.1) is 23.9 Å². The van der Waals surface area contributed by atoms with Gasteiger partial charge in [-0.2, -0.15) is 10.2 Å². The molecule has 0 aliphatic heterocycles. The highest BCUT2D eigenvalue weighted by Crippen LogP contribution is 2.30. The van der Waals surface area contributed by atoms with E-state index >= 15 is 0 Å². The molecule has 3 aromatic rings. The first-order chi connectivity index (χ1) is 13.0. The number of aliphatic hydroxyl groups excluding tert-OH is 1. The molecular formula is C19H14F2N4O2. The molecule has 1 aromatic heterocycles. The lowest BCUT2D eigenvalue weighted by atomic mass is 10.2. The molecule has 0 atom stereocenters. The molecule has 1 heterocycles. The van der Waals surface area contributed by atoms with Gasteiger partial charge >= 0.3 is 0 Å². The molecule has 0 bridgehead atoms. The van der Waals surface area contributed by atoms with Crippen LogP contribution in [-0.2, 0) is 6.61 Å². The summed E-state index contributed by atoms with van der Waals surface area (Å²) >= 11 is 0. The summed E-state index contributed by atoms with van der Waals surface area (Å²) in [6.45, 7) is -0.493. The van der Waals surface area contributed by atoms with E-state index in [1.54, 1.807) is 24.3 Å². The zero-order valence-electron chi connectivity index (χ0n) is 13.9. The number of hydrogen-bond acceptors (Lipinski definition) is 6. The van der Waals surface area contributed by atoms with Gasteiger partial charge in [-0.15, -0.1) is 0 Å². The molecule has 0 aliphatic rings. The highest BCUT2D eigenvalue weighted by molar-refractivity contribution is 5.69. The Labute approximate surface area is 153 Å². The molecule has 0 radical (unpaired) electrons. The highest BCUT2D eigenvalue weighted by atomic mass is 19.1. The van der Waals surface area contributed by atoms with Gasteiger partial charge in [0.15, 0.2) is 17.5 Å².